The summed E-state index contributed by atoms with van der Waals surface area (Å²) in [5.41, 5.74) is 1.15. The Morgan fingerprint density at radius 2 is 1.71 bits per heavy atom. The van der Waals surface area contributed by atoms with Gasteiger partial charge in [0.15, 0.2) is 9.84 Å². The molecule has 4 aromatic rings. The lowest BCUT2D eigenvalue weighted by molar-refractivity contribution is 0.0676. The van der Waals surface area contributed by atoms with Crippen LogP contribution in [-0.2, 0) is 26.4 Å². The van der Waals surface area contributed by atoms with E-state index in [4.69, 9.17) is 27.6 Å². The molecule has 3 aromatic carbocycles. The predicted molar refractivity (Wildman–Crippen MR) is 159 cm³/mol. The molecule has 0 radical (unpaired) electrons. The molecule has 214 valence electrons. The molecule has 41 heavy (non-hydrogen) atoms. The molecule has 1 fully saturated rings. The van der Waals surface area contributed by atoms with Gasteiger partial charge < -0.3 is 9.32 Å². The molecule has 0 saturated carbocycles. The number of halogens is 2. The third-order valence-corrected chi connectivity index (χ3v) is 10.9. The SMILES string of the molecule is Cc1ccc(C2CS(=O)(=O)CCN2C(=O)c2ccc(Cl)c(S(=O)(=O)N(Cc3ccccc3)c3ccc(Cl)cc3)c2)o1. The number of hydrogen-bond acceptors (Lipinski definition) is 6. The highest BCUT2D eigenvalue weighted by Crippen LogP contribution is 2.34. The summed E-state index contributed by atoms with van der Waals surface area (Å²) in [6.45, 7) is 1.66. The maximum atomic E-state index is 14.2. The number of anilines is 1. The number of aryl methyl sites for hydroxylation is 1. The number of hydrogen-bond donors (Lipinski definition) is 0. The lowest BCUT2D eigenvalue weighted by Gasteiger charge is -2.34. The number of rotatable bonds is 7. The number of sulfone groups is 1. The largest absolute Gasteiger partial charge is 0.464 e. The van der Waals surface area contributed by atoms with Gasteiger partial charge in [-0.3, -0.25) is 9.10 Å². The second kappa shape index (κ2) is 11.5. The van der Waals surface area contributed by atoms with Gasteiger partial charge >= 0.3 is 0 Å². The maximum Gasteiger partial charge on any atom is 0.266 e. The van der Waals surface area contributed by atoms with E-state index in [0.717, 1.165) is 5.56 Å². The first-order valence-corrected chi connectivity index (χ1v) is 16.7. The van der Waals surface area contributed by atoms with Crippen LogP contribution in [0, 0.1) is 6.92 Å². The van der Waals surface area contributed by atoms with Gasteiger partial charge in [-0.15, -0.1) is 0 Å². The van der Waals surface area contributed by atoms with Crippen molar-refractivity contribution in [2.24, 2.45) is 0 Å². The van der Waals surface area contributed by atoms with Crippen LogP contribution in [0.2, 0.25) is 10.0 Å². The van der Waals surface area contributed by atoms with Gasteiger partial charge in [-0.05, 0) is 67.1 Å². The van der Waals surface area contributed by atoms with Crippen LogP contribution in [0.15, 0.2) is 94.2 Å². The fraction of sp³-hybridized carbons (Fsp3) is 0.207. The van der Waals surface area contributed by atoms with Crippen molar-refractivity contribution in [1.29, 1.82) is 0 Å². The molecule has 12 heteroatoms. The molecule has 1 saturated heterocycles. The molecule has 2 heterocycles. The normalized spacial score (nSPS) is 16.9. The fourth-order valence-corrected chi connectivity index (χ4v) is 8.26. The highest BCUT2D eigenvalue weighted by Gasteiger charge is 2.38. The van der Waals surface area contributed by atoms with Crippen LogP contribution < -0.4 is 4.31 Å². The molecule has 1 unspecified atom stereocenters. The van der Waals surface area contributed by atoms with E-state index in [1.54, 1.807) is 55.5 Å². The van der Waals surface area contributed by atoms with E-state index in [1.807, 2.05) is 18.2 Å². The van der Waals surface area contributed by atoms with Gasteiger partial charge in [-0.2, -0.15) is 0 Å². The van der Waals surface area contributed by atoms with E-state index < -0.39 is 31.8 Å². The second-order valence-electron chi connectivity index (χ2n) is 9.70. The smallest absolute Gasteiger partial charge is 0.266 e. The molecule has 0 bridgehead atoms. The minimum Gasteiger partial charge on any atom is -0.464 e. The van der Waals surface area contributed by atoms with Crippen molar-refractivity contribution in [3.05, 3.63) is 118 Å². The average molecular weight is 634 g/mol. The second-order valence-corrected chi connectivity index (χ2v) is 14.6. The lowest BCUT2D eigenvalue weighted by Crippen LogP contribution is -2.46. The third-order valence-electron chi connectivity index (χ3n) is 6.81. The van der Waals surface area contributed by atoms with Crippen LogP contribution in [0.25, 0.3) is 0 Å². The molecule has 1 atom stereocenters. The Kier molecular flexibility index (Phi) is 8.20. The van der Waals surface area contributed by atoms with Crippen molar-refractivity contribution in [2.75, 3.05) is 22.4 Å². The van der Waals surface area contributed by atoms with Crippen molar-refractivity contribution in [3.63, 3.8) is 0 Å². The summed E-state index contributed by atoms with van der Waals surface area (Å²) in [5, 5.41) is 0.384. The van der Waals surface area contributed by atoms with E-state index in [2.05, 4.69) is 0 Å². The van der Waals surface area contributed by atoms with Crippen LogP contribution in [0.1, 0.15) is 33.5 Å². The van der Waals surface area contributed by atoms with E-state index in [9.17, 15) is 21.6 Å². The number of benzene rings is 3. The third kappa shape index (κ3) is 6.30. The first-order valence-electron chi connectivity index (χ1n) is 12.6. The summed E-state index contributed by atoms with van der Waals surface area (Å²) in [4.78, 5) is 14.9. The van der Waals surface area contributed by atoms with E-state index in [1.165, 1.54) is 27.4 Å². The standard InChI is InChI=1S/C29H26Cl2N2O6S2/c1-20-7-14-27(39-20)26-19-40(35,36)16-15-32(26)29(34)22-8-13-25(31)28(17-22)41(37,38)33(18-21-5-3-2-4-6-21)24-11-9-23(30)10-12-24/h2-14,17,26H,15-16,18-19H2,1H3. The van der Waals surface area contributed by atoms with Gasteiger partial charge in [0.25, 0.3) is 15.9 Å². The van der Waals surface area contributed by atoms with Gasteiger partial charge in [0.2, 0.25) is 0 Å². The molecular formula is C29H26Cl2N2O6S2. The zero-order chi connectivity index (χ0) is 29.4. The summed E-state index contributed by atoms with van der Waals surface area (Å²) < 4.78 is 60.1. The minimum absolute atomic E-state index is 0.00319. The number of carbonyl (C=O) groups excluding carboxylic acids is 1. The lowest BCUT2D eigenvalue weighted by atomic mass is 10.1. The van der Waals surface area contributed by atoms with Crippen LogP contribution in [0.3, 0.4) is 0 Å². The first kappa shape index (κ1) is 29.2. The van der Waals surface area contributed by atoms with Gasteiger partial charge in [-0.25, -0.2) is 16.8 Å². The number of sulfonamides is 1. The minimum atomic E-state index is -4.29. The van der Waals surface area contributed by atoms with E-state index in [-0.39, 0.29) is 40.1 Å². The van der Waals surface area contributed by atoms with Crippen LogP contribution in [0.4, 0.5) is 5.69 Å². The highest BCUT2D eigenvalue weighted by atomic mass is 35.5. The zero-order valence-corrected chi connectivity index (χ0v) is 25.0. The van der Waals surface area contributed by atoms with Crippen LogP contribution in [-0.4, -0.2) is 45.7 Å². The molecule has 0 aliphatic carbocycles. The van der Waals surface area contributed by atoms with Crippen LogP contribution >= 0.6 is 23.2 Å². The Hall–Kier alpha value is -3.31. The monoisotopic (exact) mass is 632 g/mol. The number of furan rings is 1. The first-order chi connectivity index (χ1) is 19.4. The van der Waals surface area contributed by atoms with Crippen molar-refractivity contribution in [2.45, 2.75) is 24.4 Å². The topological polar surface area (TPSA) is 105 Å². The van der Waals surface area contributed by atoms with E-state index >= 15 is 0 Å². The van der Waals surface area contributed by atoms with Crippen molar-refractivity contribution < 1.29 is 26.0 Å². The van der Waals surface area contributed by atoms with Gasteiger partial charge in [0.1, 0.15) is 22.5 Å². The molecule has 0 spiro atoms. The number of nitrogens with zero attached hydrogens (tertiary/aromatic N) is 2. The fourth-order valence-electron chi connectivity index (χ4n) is 4.71. The molecule has 8 nitrogen and oxygen atoms in total. The molecule has 1 aliphatic heterocycles. The molecule has 1 aliphatic rings. The Bertz CT molecular complexity index is 1790. The van der Waals surface area contributed by atoms with Crippen LogP contribution in [0.5, 0.6) is 0 Å². The number of amides is 1. The van der Waals surface area contributed by atoms with Crippen molar-refractivity contribution in [3.8, 4) is 0 Å². The molecule has 1 aromatic heterocycles. The van der Waals surface area contributed by atoms with Gasteiger partial charge in [0, 0.05) is 17.1 Å². The Morgan fingerprint density at radius 1 is 1.00 bits per heavy atom. The summed E-state index contributed by atoms with van der Waals surface area (Å²) in [6, 6.07) is 22.0. The maximum absolute atomic E-state index is 14.2. The van der Waals surface area contributed by atoms with Gasteiger partial charge in [0.05, 0.1) is 28.8 Å². The van der Waals surface area contributed by atoms with Crippen molar-refractivity contribution >= 4 is 54.7 Å². The zero-order valence-electron chi connectivity index (χ0n) is 21.9. The Morgan fingerprint density at radius 3 is 2.37 bits per heavy atom. The molecule has 1 amide bonds. The quantitative estimate of drug-likeness (QED) is 0.251. The molecule has 5 rings (SSSR count). The Labute approximate surface area is 249 Å². The van der Waals surface area contributed by atoms with E-state index in [0.29, 0.717) is 22.2 Å². The predicted octanol–water partition coefficient (Wildman–Crippen LogP) is 5.90. The number of carbonyl (C=O) groups is 1. The molecular weight excluding hydrogens is 607 g/mol. The summed E-state index contributed by atoms with van der Waals surface area (Å²) in [7, 11) is -7.71. The summed E-state index contributed by atoms with van der Waals surface area (Å²) >= 11 is 12.5. The highest BCUT2D eigenvalue weighted by molar-refractivity contribution is 7.93. The molecule has 0 N–H and O–H groups in total. The Balaban J connectivity index is 1.54. The van der Waals surface area contributed by atoms with Gasteiger partial charge in [-0.1, -0.05) is 53.5 Å². The summed E-state index contributed by atoms with van der Waals surface area (Å²) in [5.74, 6) is -0.122. The summed E-state index contributed by atoms with van der Waals surface area (Å²) in [6.07, 6.45) is 0. The average Bonchev–Trinajstić information content (AvgIpc) is 3.38. The van der Waals surface area contributed by atoms with Crippen molar-refractivity contribution in [1.82, 2.24) is 4.90 Å².